The van der Waals surface area contributed by atoms with Gasteiger partial charge in [0.25, 0.3) is 0 Å². The van der Waals surface area contributed by atoms with Crippen LogP contribution >= 0.6 is 11.8 Å². The molecule has 0 aliphatic heterocycles. The maximum atomic E-state index is 11.7. The van der Waals surface area contributed by atoms with Crippen molar-refractivity contribution in [1.82, 2.24) is 10.2 Å². The molecule has 0 bridgehead atoms. The number of aromatic hydroxyl groups is 1. The van der Waals surface area contributed by atoms with Crippen molar-refractivity contribution in [2.24, 2.45) is 0 Å². The van der Waals surface area contributed by atoms with Crippen molar-refractivity contribution in [2.45, 2.75) is 23.7 Å². The quantitative estimate of drug-likeness (QED) is 0.822. The Kier molecular flexibility index (Phi) is 3.60. The summed E-state index contributed by atoms with van der Waals surface area (Å²) in [6.07, 6.45) is 2.14. The van der Waals surface area contributed by atoms with E-state index in [0.29, 0.717) is 11.8 Å². The van der Waals surface area contributed by atoms with Crippen molar-refractivity contribution in [2.75, 3.05) is 11.1 Å². The molecule has 0 atom stereocenters. The van der Waals surface area contributed by atoms with Gasteiger partial charge in [-0.3, -0.25) is 10.1 Å². The van der Waals surface area contributed by atoms with Crippen molar-refractivity contribution in [3.63, 3.8) is 0 Å². The highest BCUT2D eigenvalue weighted by molar-refractivity contribution is 8.00. The average molecular weight is 291 g/mol. The predicted molar refractivity (Wildman–Crippen MR) is 73.7 cm³/mol. The lowest BCUT2D eigenvalue weighted by Gasteiger charge is -2.01. The topological polar surface area (TPSA) is 88.2 Å². The van der Waals surface area contributed by atoms with Crippen molar-refractivity contribution >= 4 is 23.7 Å². The second-order valence-corrected chi connectivity index (χ2v) is 5.60. The summed E-state index contributed by atoms with van der Waals surface area (Å²) in [4.78, 5) is 12.6. The molecular weight excluding hydrogens is 278 g/mol. The van der Waals surface area contributed by atoms with Crippen LogP contribution in [0, 0.1) is 0 Å². The third-order valence-electron chi connectivity index (χ3n) is 2.80. The number of carbonyl (C=O) groups excluding carboxylic acids is 1. The van der Waals surface area contributed by atoms with Crippen LogP contribution in [-0.2, 0) is 4.79 Å². The van der Waals surface area contributed by atoms with Crippen molar-refractivity contribution < 1.29 is 14.3 Å². The van der Waals surface area contributed by atoms with Crippen LogP contribution in [0.15, 0.2) is 33.6 Å². The van der Waals surface area contributed by atoms with Gasteiger partial charge in [-0.1, -0.05) is 11.2 Å². The largest absolute Gasteiger partial charge is 0.508 e. The van der Waals surface area contributed by atoms with Gasteiger partial charge in [-0.15, -0.1) is 16.9 Å². The Morgan fingerprint density at radius 1 is 1.45 bits per heavy atom. The monoisotopic (exact) mass is 291 g/mol. The first kappa shape index (κ1) is 13.0. The zero-order valence-electron chi connectivity index (χ0n) is 10.6. The molecule has 1 amide bonds. The highest BCUT2D eigenvalue weighted by Crippen LogP contribution is 2.39. The minimum atomic E-state index is -0.218. The van der Waals surface area contributed by atoms with Crippen LogP contribution in [0.3, 0.4) is 0 Å². The van der Waals surface area contributed by atoms with E-state index in [9.17, 15) is 9.90 Å². The van der Waals surface area contributed by atoms with Crippen molar-refractivity contribution in [3.05, 3.63) is 30.2 Å². The summed E-state index contributed by atoms with van der Waals surface area (Å²) in [6, 6.07) is 6.90. The summed E-state index contributed by atoms with van der Waals surface area (Å²) < 4.78 is 5.35. The molecule has 0 unspecified atom stereocenters. The molecule has 6 nitrogen and oxygen atoms in total. The van der Waals surface area contributed by atoms with Crippen LogP contribution in [-0.4, -0.2) is 27.0 Å². The molecule has 1 aromatic heterocycles. The number of phenols is 1. The summed E-state index contributed by atoms with van der Waals surface area (Å²) in [5.74, 6) is 1.14. The van der Waals surface area contributed by atoms with Crippen LogP contribution in [0.5, 0.6) is 5.75 Å². The fraction of sp³-hybridized carbons (Fsp3) is 0.308. The first-order valence-corrected chi connectivity index (χ1v) is 7.24. The Morgan fingerprint density at radius 2 is 2.30 bits per heavy atom. The number of thioether (sulfide) groups is 1. The van der Waals surface area contributed by atoms with E-state index in [4.69, 9.17) is 4.42 Å². The zero-order valence-corrected chi connectivity index (χ0v) is 11.4. The molecule has 0 radical (unpaired) electrons. The lowest BCUT2D eigenvalue weighted by Crippen LogP contribution is -2.14. The maximum Gasteiger partial charge on any atom is 0.322 e. The van der Waals surface area contributed by atoms with E-state index < -0.39 is 0 Å². The second-order valence-electron chi connectivity index (χ2n) is 4.55. The molecule has 0 saturated heterocycles. The SMILES string of the molecule is O=C(CSc1cccc(O)c1)Nc1nnc(C2CC2)o1. The first-order chi connectivity index (χ1) is 9.70. The molecule has 0 spiro atoms. The van der Waals surface area contributed by atoms with Crippen molar-refractivity contribution in [3.8, 4) is 5.75 Å². The summed E-state index contributed by atoms with van der Waals surface area (Å²) >= 11 is 1.33. The average Bonchev–Trinajstić information content (AvgIpc) is 3.18. The normalized spacial score (nSPS) is 14.2. The van der Waals surface area contributed by atoms with Crippen LogP contribution in [0.4, 0.5) is 6.01 Å². The van der Waals surface area contributed by atoms with E-state index in [1.807, 2.05) is 6.07 Å². The Labute approximate surface area is 119 Å². The van der Waals surface area contributed by atoms with Gasteiger partial charge in [0, 0.05) is 10.8 Å². The summed E-state index contributed by atoms with van der Waals surface area (Å²) in [5, 5.41) is 19.6. The van der Waals surface area contributed by atoms with Crippen LogP contribution in [0.1, 0.15) is 24.7 Å². The van der Waals surface area contributed by atoms with Crippen LogP contribution in [0.25, 0.3) is 0 Å². The highest BCUT2D eigenvalue weighted by atomic mass is 32.2. The smallest absolute Gasteiger partial charge is 0.322 e. The molecule has 1 aliphatic rings. The van der Waals surface area contributed by atoms with Gasteiger partial charge in [0.15, 0.2) is 0 Å². The fourth-order valence-electron chi connectivity index (χ4n) is 1.66. The predicted octanol–water partition coefficient (Wildman–Crippen LogP) is 2.38. The van der Waals surface area contributed by atoms with E-state index in [2.05, 4.69) is 15.5 Å². The van der Waals surface area contributed by atoms with Gasteiger partial charge in [-0.05, 0) is 31.0 Å². The summed E-state index contributed by atoms with van der Waals surface area (Å²) in [7, 11) is 0. The van der Waals surface area contributed by atoms with Gasteiger partial charge in [0.05, 0.1) is 5.75 Å². The molecule has 104 valence electrons. The number of carbonyl (C=O) groups is 1. The molecule has 1 saturated carbocycles. The Bertz CT molecular complexity index is 625. The number of nitrogens with zero attached hydrogens (tertiary/aromatic N) is 2. The molecule has 1 aromatic carbocycles. The Morgan fingerprint density at radius 3 is 3.05 bits per heavy atom. The standard InChI is InChI=1S/C13H13N3O3S/c17-9-2-1-3-10(6-9)20-7-11(18)14-13-16-15-12(19-13)8-4-5-8/h1-3,6,8,17H,4-5,7H2,(H,14,16,18). The fourth-order valence-corrected chi connectivity index (χ4v) is 2.41. The highest BCUT2D eigenvalue weighted by Gasteiger charge is 2.29. The van der Waals surface area contributed by atoms with E-state index in [0.717, 1.165) is 17.7 Å². The number of benzene rings is 1. The lowest BCUT2D eigenvalue weighted by atomic mass is 10.3. The molecule has 20 heavy (non-hydrogen) atoms. The maximum absolute atomic E-state index is 11.7. The third kappa shape index (κ3) is 3.30. The number of rotatable bonds is 5. The third-order valence-corrected chi connectivity index (χ3v) is 3.79. The number of hydrogen-bond donors (Lipinski definition) is 2. The van der Waals surface area contributed by atoms with E-state index in [1.54, 1.807) is 18.2 Å². The van der Waals surface area contributed by atoms with Gasteiger partial charge in [-0.2, -0.15) is 0 Å². The van der Waals surface area contributed by atoms with Crippen molar-refractivity contribution in [1.29, 1.82) is 0 Å². The molecule has 3 rings (SSSR count). The minimum absolute atomic E-state index is 0.147. The number of hydrogen-bond acceptors (Lipinski definition) is 6. The molecule has 1 fully saturated rings. The second kappa shape index (κ2) is 5.54. The van der Waals surface area contributed by atoms with Crippen LogP contribution < -0.4 is 5.32 Å². The van der Waals surface area contributed by atoms with E-state index in [1.165, 1.54) is 11.8 Å². The lowest BCUT2D eigenvalue weighted by molar-refractivity contribution is -0.113. The Balaban J connectivity index is 1.51. The van der Waals surface area contributed by atoms with Crippen LogP contribution in [0.2, 0.25) is 0 Å². The number of amides is 1. The van der Waals surface area contributed by atoms with Gasteiger partial charge in [0.2, 0.25) is 11.8 Å². The number of phenolic OH excluding ortho intramolecular Hbond substituents is 1. The van der Waals surface area contributed by atoms with E-state index >= 15 is 0 Å². The number of aromatic nitrogens is 2. The molecule has 1 heterocycles. The van der Waals surface area contributed by atoms with E-state index in [-0.39, 0.29) is 23.4 Å². The summed E-state index contributed by atoms with van der Waals surface area (Å²) in [6.45, 7) is 0. The molecule has 7 heteroatoms. The van der Waals surface area contributed by atoms with Gasteiger partial charge < -0.3 is 9.52 Å². The molecule has 2 aromatic rings. The summed E-state index contributed by atoms with van der Waals surface area (Å²) in [5.41, 5.74) is 0. The number of anilines is 1. The Hall–Kier alpha value is -2.02. The molecule has 2 N–H and O–H groups in total. The molecule has 1 aliphatic carbocycles. The van der Waals surface area contributed by atoms with Gasteiger partial charge >= 0.3 is 6.01 Å². The first-order valence-electron chi connectivity index (χ1n) is 6.26. The minimum Gasteiger partial charge on any atom is -0.508 e. The van der Waals surface area contributed by atoms with Gasteiger partial charge in [0.1, 0.15) is 5.75 Å². The zero-order chi connectivity index (χ0) is 13.9. The number of nitrogens with one attached hydrogen (secondary N) is 1. The van der Waals surface area contributed by atoms with Gasteiger partial charge in [-0.25, -0.2) is 0 Å². The molecular formula is C13H13N3O3S.